The van der Waals surface area contributed by atoms with E-state index >= 15 is 0 Å². The number of likely N-dealkylation sites (N-methyl/N-ethyl adjacent to an activating group) is 2. The molecular weight excluding hydrogens is 262 g/mol. The lowest BCUT2D eigenvalue weighted by Gasteiger charge is -2.25. The first-order valence-electron chi connectivity index (χ1n) is 6.81. The topological polar surface area (TPSA) is 90.0 Å². The van der Waals surface area contributed by atoms with Crippen molar-refractivity contribution in [3.8, 4) is 0 Å². The first-order valence-corrected chi connectivity index (χ1v) is 6.81. The van der Waals surface area contributed by atoms with E-state index in [9.17, 15) is 14.4 Å². The van der Waals surface area contributed by atoms with E-state index in [1.165, 1.54) is 9.80 Å². The Morgan fingerprint density at radius 2 is 1.85 bits per heavy atom. The van der Waals surface area contributed by atoms with Gasteiger partial charge in [0.25, 0.3) is 0 Å². The lowest BCUT2D eigenvalue weighted by atomic mass is 10.2. The molecule has 2 N–H and O–H groups in total. The molecule has 0 aromatic carbocycles. The van der Waals surface area contributed by atoms with Crippen LogP contribution in [0.2, 0.25) is 0 Å². The summed E-state index contributed by atoms with van der Waals surface area (Å²) in [5.74, 6) is -1.38. The highest BCUT2D eigenvalue weighted by atomic mass is 16.4. The summed E-state index contributed by atoms with van der Waals surface area (Å²) in [4.78, 5) is 37.3. The Labute approximate surface area is 118 Å². The van der Waals surface area contributed by atoms with E-state index < -0.39 is 12.0 Å². The summed E-state index contributed by atoms with van der Waals surface area (Å²) in [7, 11) is 3.14. The molecule has 1 saturated carbocycles. The third-order valence-corrected chi connectivity index (χ3v) is 3.34. The molecule has 0 heterocycles. The van der Waals surface area contributed by atoms with Crippen LogP contribution in [0.4, 0.5) is 0 Å². The van der Waals surface area contributed by atoms with Crippen molar-refractivity contribution in [3.05, 3.63) is 0 Å². The van der Waals surface area contributed by atoms with Crippen LogP contribution in [0.25, 0.3) is 0 Å². The van der Waals surface area contributed by atoms with Crippen molar-refractivity contribution in [3.63, 3.8) is 0 Å². The molecule has 0 aromatic rings. The number of hydrogen-bond donors (Lipinski definition) is 2. The fraction of sp³-hybridized carbons (Fsp3) is 0.769. The molecule has 1 fully saturated rings. The highest BCUT2D eigenvalue weighted by Gasteiger charge is 2.26. The fourth-order valence-electron chi connectivity index (χ4n) is 1.92. The van der Waals surface area contributed by atoms with Crippen LogP contribution in [0.3, 0.4) is 0 Å². The smallest absolute Gasteiger partial charge is 0.320 e. The second-order valence-corrected chi connectivity index (χ2v) is 5.27. The standard InChI is InChI=1S/C13H23N3O4/c1-4-10(13(19)20)15(2)8-12(18)16(3)7-11(17)14-9-5-6-9/h9-10H,4-8H2,1-3H3,(H,14,17)(H,19,20). The third-order valence-electron chi connectivity index (χ3n) is 3.34. The van der Waals surface area contributed by atoms with Crippen LogP contribution in [0.5, 0.6) is 0 Å². The van der Waals surface area contributed by atoms with Crippen LogP contribution in [0.1, 0.15) is 26.2 Å². The Balaban J connectivity index is 2.39. The van der Waals surface area contributed by atoms with Gasteiger partial charge in [-0.3, -0.25) is 19.3 Å². The van der Waals surface area contributed by atoms with E-state index in [2.05, 4.69) is 5.32 Å². The predicted molar refractivity (Wildman–Crippen MR) is 73.1 cm³/mol. The number of nitrogens with zero attached hydrogens (tertiary/aromatic N) is 2. The number of carboxylic acids is 1. The Bertz CT molecular complexity index is 382. The summed E-state index contributed by atoms with van der Waals surface area (Å²) >= 11 is 0. The van der Waals surface area contributed by atoms with E-state index in [0.717, 1.165) is 12.8 Å². The van der Waals surface area contributed by atoms with Gasteiger partial charge in [0.15, 0.2) is 0 Å². The third kappa shape index (κ3) is 5.16. The molecule has 0 saturated heterocycles. The van der Waals surface area contributed by atoms with Gasteiger partial charge in [-0.1, -0.05) is 6.92 Å². The van der Waals surface area contributed by atoms with Crippen LogP contribution in [0.15, 0.2) is 0 Å². The Morgan fingerprint density at radius 1 is 1.25 bits per heavy atom. The predicted octanol–water partition coefficient (Wildman–Crippen LogP) is -0.482. The molecule has 1 unspecified atom stereocenters. The molecule has 20 heavy (non-hydrogen) atoms. The molecule has 0 radical (unpaired) electrons. The van der Waals surface area contributed by atoms with E-state index in [1.54, 1.807) is 21.0 Å². The molecule has 2 amide bonds. The molecule has 1 aliphatic carbocycles. The number of rotatable bonds is 8. The van der Waals surface area contributed by atoms with E-state index in [0.29, 0.717) is 6.42 Å². The molecule has 0 spiro atoms. The van der Waals surface area contributed by atoms with Gasteiger partial charge in [-0.15, -0.1) is 0 Å². The summed E-state index contributed by atoms with van der Waals surface area (Å²) < 4.78 is 0. The van der Waals surface area contributed by atoms with Gasteiger partial charge in [-0.05, 0) is 26.3 Å². The number of carbonyl (C=O) groups is 3. The van der Waals surface area contributed by atoms with Crippen LogP contribution < -0.4 is 5.32 Å². The highest BCUT2D eigenvalue weighted by molar-refractivity contribution is 5.86. The van der Waals surface area contributed by atoms with Gasteiger partial charge in [0.2, 0.25) is 11.8 Å². The second-order valence-electron chi connectivity index (χ2n) is 5.27. The maximum Gasteiger partial charge on any atom is 0.320 e. The first kappa shape index (κ1) is 16.4. The number of nitrogens with one attached hydrogen (secondary N) is 1. The van der Waals surface area contributed by atoms with Crippen molar-refractivity contribution in [1.82, 2.24) is 15.1 Å². The molecule has 0 aliphatic heterocycles. The average molecular weight is 285 g/mol. The lowest BCUT2D eigenvalue weighted by Crippen LogP contribution is -2.46. The summed E-state index contributed by atoms with van der Waals surface area (Å²) in [6.45, 7) is 1.75. The van der Waals surface area contributed by atoms with Crippen molar-refractivity contribution in [1.29, 1.82) is 0 Å². The van der Waals surface area contributed by atoms with Crippen LogP contribution in [0, 0.1) is 0 Å². The maximum absolute atomic E-state index is 11.9. The SMILES string of the molecule is CCC(C(=O)O)N(C)CC(=O)N(C)CC(=O)NC1CC1. The van der Waals surface area contributed by atoms with Crippen molar-refractivity contribution >= 4 is 17.8 Å². The molecule has 114 valence electrons. The number of carboxylic acid groups (broad SMARTS) is 1. The molecule has 0 bridgehead atoms. The van der Waals surface area contributed by atoms with E-state index in [-0.39, 0.29) is 30.9 Å². The Hall–Kier alpha value is -1.63. The van der Waals surface area contributed by atoms with E-state index in [1.807, 2.05) is 0 Å². The summed E-state index contributed by atoms with van der Waals surface area (Å²) in [6.07, 6.45) is 2.43. The summed E-state index contributed by atoms with van der Waals surface area (Å²) in [5, 5.41) is 11.8. The minimum absolute atomic E-state index is 0.00698. The van der Waals surface area contributed by atoms with Gasteiger partial charge in [0.05, 0.1) is 13.1 Å². The van der Waals surface area contributed by atoms with Gasteiger partial charge in [0.1, 0.15) is 6.04 Å². The molecule has 0 aromatic heterocycles. The molecule has 1 aliphatic rings. The summed E-state index contributed by atoms with van der Waals surface area (Å²) in [6, 6.07) is -0.419. The zero-order chi connectivity index (χ0) is 15.3. The zero-order valence-corrected chi connectivity index (χ0v) is 12.3. The highest BCUT2D eigenvalue weighted by Crippen LogP contribution is 2.18. The minimum atomic E-state index is -0.947. The molecule has 7 heteroatoms. The lowest BCUT2D eigenvalue weighted by molar-refractivity contribution is -0.144. The number of hydrogen-bond acceptors (Lipinski definition) is 4. The Kier molecular flexibility index (Phi) is 5.94. The number of carbonyl (C=O) groups excluding carboxylic acids is 2. The monoisotopic (exact) mass is 285 g/mol. The maximum atomic E-state index is 11.9. The van der Waals surface area contributed by atoms with Gasteiger partial charge < -0.3 is 15.3 Å². The van der Waals surface area contributed by atoms with Crippen molar-refractivity contribution < 1.29 is 19.5 Å². The van der Waals surface area contributed by atoms with Gasteiger partial charge in [0, 0.05) is 13.1 Å². The summed E-state index contributed by atoms with van der Waals surface area (Å²) in [5.41, 5.74) is 0. The zero-order valence-electron chi connectivity index (χ0n) is 12.3. The van der Waals surface area contributed by atoms with Crippen molar-refractivity contribution in [2.24, 2.45) is 0 Å². The van der Waals surface area contributed by atoms with Crippen LogP contribution in [-0.4, -0.2) is 72.0 Å². The van der Waals surface area contributed by atoms with Gasteiger partial charge in [-0.25, -0.2) is 0 Å². The first-order chi connectivity index (χ1) is 9.35. The normalized spacial score (nSPS) is 15.8. The van der Waals surface area contributed by atoms with E-state index in [4.69, 9.17) is 5.11 Å². The Morgan fingerprint density at radius 3 is 2.30 bits per heavy atom. The molecule has 1 atom stereocenters. The van der Waals surface area contributed by atoms with Crippen molar-refractivity contribution in [2.75, 3.05) is 27.2 Å². The largest absolute Gasteiger partial charge is 0.480 e. The van der Waals surface area contributed by atoms with Crippen molar-refractivity contribution in [2.45, 2.75) is 38.3 Å². The van der Waals surface area contributed by atoms with Gasteiger partial charge in [-0.2, -0.15) is 0 Å². The molecule has 1 rings (SSSR count). The van der Waals surface area contributed by atoms with Crippen LogP contribution >= 0.6 is 0 Å². The number of aliphatic carboxylic acids is 1. The minimum Gasteiger partial charge on any atom is -0.480 e. The van der Waals surface area contributed by atoms with Gasteiger partial charge >= 0.3 is 5.97 Å². The van der Waals surface area contributed by atoms with Crippen LogP contribution in [-0.2, 0) is 14.4 Å². The quantitative estimate of drug-likeness (QED) is 0.628. The molecular formula is C13H23N3O4. The average Bonchev–Trinajstić information content (AvgIpc) is 3.12. The molecule has 7 nitrogen and oxygen atoms in total. The number of amides is 2. The second kappa shape index (κ2) is 7.23. The fourth-order valence-corrected chi connectivity index (χ4v) is 1.92.